The summed E-state index contributed by atoms with van der Waals surface area (Å²) in [6.07, 6.45) is 7.45. The van der Waals surface area contributed by atoms with E-state index in [0.717, 1.165) is 42.2 Å². The minimum atomic E-state index is -0.176. The van der Waals surface area contributed by atoms with E-state index in [1.54, 1.807) is 29.4 Å². The molecule has 7 heterocycles. The van der Waals surface area contributed by atoms with Crippen molar-refractivity contribution in [2.45, 2.75) is 27.2 Å². The molecule has 0 spiro atoms. The third-order valence-corrected chi connectivity index (χ3v) is 7.41. The van der Waals surface area contributed by atoms with Gasteiger partial charge in [-0.05, 0) is 35.7 Å². The molecule has 0 fully saturated rings. The number of hydrogen-bond donors (Lipinski definition) is 2. The van der Waals surface area contributed by atoms with E-state index >= 15 is 0 Å². The number of aromatic amines is 2. The zero-order valence-electron chi connectivity index (χ0n) is 20.4. The van der Waals surface area contributed by atoms with Gasteiger partial charge in [-0.1, -0.05) is 20.8 Å². The number of rotatable bonds is 1. The van der Waals surface area contributed by atoms with Gasteiger partial charge in [0.1, 0.15) is 21.4 Å². The molecule has 0 amide bonds. The largest absolute Gasteiger partial charge is 0.336 e. The monoisotopic (exact) mass is 506 g/mol. The molecule has 0 unspecified atom stereocenters. The molecule has 0 aliphatic rings. The van der Waals surface area contributed by atoms with Gasteiger partial charge in [0.15, 0.2) is 11.3 Å². The Balaban J connectivity index is 1.72. The SMILES string of the molecule is CC(C)(C)CC(=O)n1c2cncc(c2)c2cnc3[nH]nc(c4nc5c(ccnc5c5ccc1s5)[nH]4)c3c2. The van der Waals surface area contributed by atoms with Gasteiger partial charge in [0, 0.05) is 35.8 Å². The van der Waals surface area contributed by atoms with Crippen LogP contribution >= 0.6 is 11.3 Å². The molecule has 0 aliphatic carbocycles. The van der Waals surface area contributed by atoms with Crippen LogP contribution in [0.25, 0.3) is 64.6 Å². The van der Waals surface area contributed by atoms with Crippen LogP contribution in [0.2, 0.25) is 0 Å². The fourth-order valence-electron chi connectivity index (χ4n) is 4.68. The molecule has 0 atom stereocenters. The first-order valence-corrected chi connectivity index (χ1v) is 12.7. The van der Waals surface area contributed by atoms with Crippen molar-refractivity contribution in [2.24, 2.45) is 5.41 Å². The molecule has 0 saturated heterocycles. The minimum Gasteiger partial charge on any atom is -0.336 e. The molecule has 8 bridgehead atoms. The maximum atomic E-state index is 13.7. The van der Waals surface area contributed by atoms with Crippen molar-refractivity contribution in [3.05, 3.63) is 55.1 Å². The van der Waals surface area contributed by atoms with Crippen molar-refractivity contribution < 1.29 is 4.79 Å². The molecule has 0 aliphatic heterocycles. The second kappa shape index (κ2) is 7.78. The summed E-state index contributed by atoms with van der Waals surface area (Å²) in [5.74, 6) is 0.00286. The number of carbonyl (C=O) groups excluding carboxylic acids is 1. The van der Waals surface area contributed by atoms with Crippen molar-refractivity contribution in [3.63, 3.8) is 0 Å². The summed E-state index contributed by atoms with van der Waals surface area (Å²) in [5, 5.41) is 10.1. The molecular weight excluding hydrogens is 484 g/mol. The summed E-state index contributed by atoms with van der Waals surface area (Å²) in [6, 6.07) is 9.88. The van der Waals surface area contributed by atoms with Crippen LogP contribution in [-0.2, 0) is 0 Å². The van der Waals surface area contributed by atoms with Crippen LogP contribution in [0.1, 0.15) is 32.0 Å². The number of thiophene rings is 1. The van der Waals surface area contributed by atoms with Gasteiger partial charge >= 0.3 is 0 Å². The highest BCUT2D eigenvalue weighted by Crippen LogP contribution is 2.30. The Morgan fingerprint density at radius 1 is 0.973 bits per heavy atom. The van der Waals surface area contributed by atoms with Crippen molar-refractivity contribution in [3.8, 4) is 0 Å². The molecule has 2 N–H and O–H groups in total. The second-order valence-corrected chi connectivity index (χ2v) is 11.4. The lowest BCUT2D eigenvalue weighted by Crippen LogP contribution is -2.19. The average molecular weight is 507 g/mol. The fraction of sp³-hybridized carbons (Fsp3) is 0.185. The van der Waals surface area contributed by atoms with Crippen LogP contribution in [-0.4, -0.2) is 45.6 Å². The summed E-state index contributed by atoms with van der Waals surface area (Å²) in [4.78, 5) is 36.6. The summed E-state index contributed by atoms with van der Waals surface area (Å²) < 4.78 is 2.68. The van der Waals surface area contributed by atoms with Crippen LogP contribution in [0.5, 0.6) is 0 Å². The summed E-state index contributed by atoms with van der Waals surface area (Å²) in [6.45, 7) is 6.20. The lowest BCUT2D eigenvalue weighted by atomic mass is 9.92. The van der Waals surface area contributed by atoms with E-state index in [-0.39, 0.29) is 11.3 Å². The molecule has 7 aromatic heterocycles. The number of fused-ring (bicyclic) bond motifs is 9. The third kappa shape index (κ3) is 3.60. The lowest BCUT2D eigenvalue weighted by molar-refractivity contribution is 0.0867. The van der Waals surface area contributed by atoms with Crippen LogP contribution in [0.3, 0.4) is 0 Å². The number of pyridine rings is 3. The van der Waals surface area contributed by atoms with Crippen molar-refractivity contribution in [2.75, 3.05) is 0 Å². The number of aromatic nitrogens is 8. The molecule has 7 rings (SSSR count). The first-order chi connectivity index (χ1) is 17.8. The quantitative estimate of drug-likeness (QED) is 0.270. The van der Waals surface area contributed by atoms with Gasteiger partial charge in [-0.2, -0.15) is 5.10 Å². The maximum absolute atomic E-state index is 13.7. The zero-order valence-corrected chi connectivity index (χ0v) is 21.2. The molecular formula is C27H22N8OS. The molecule has 37 heavy (non-hydrogen) atoms. The predicted octanol–water partition coefficient (Wildman–Crippen LogP) is 6.30. The maximum Gasteiger partial charge on any atom is 0.232 e. The van der Waals surface area contributed by atoms with E-state index in [1.165, 1.54) is 11.3 Å². The second-order valence-electron chi connectivity index (χ2n) is 10.4. The van der Waals surface area contributed by atoms with E-state index in [4.69, 9.17) is 4.98 Å². The molecule has 7 aromatic rings. The molecule has 0 radical (unpaired) electrons. The number of nitrogens with one attached hydrogen (secondary N) is 2. The number of carbonyl (C=O) groups is 1. The Bertz CT molecular complexity index is 2090. The molecule has 10 heteroatoms. The number of H-pyrrole nitrogens is 2. The summed E-state index contributed by atoms with van der Waals surface area (Å²) in [5.41, 5.74) is 4.86. The molecule has 9 nitrogen and oxygen atoms in total. The van der Waals surface area contributed by atoms with E-state index in [2.05, 4.69) is 50.9 Å². The standard InChI is InChI=1S/C27H22N8OS/c1-27(2,3)10-20(36)35-16-8-14(11-28-13-16)15-9-17-22(33-34-25(17)30-12-15)26-31-18-6-7-29-24(23(18)32-26)19-4-5-21(35)37-19/h4-9,11-13H,10H2,1-3H3,(H,31,32)(H,30,33,34). The van der Waals surface area contributed by atoms with Crippen LogP contribution < -0.4 is 0 Å². The number of imidazole rings is 1. The third-order valence-electron chi connectivity index (χ3n) is 6.33. The van der Waals surface area contributed by atoms with Gasteiger partial charge in [-0.15, -0.1) is 11.3 Å². The Labute approximate surface area is 213 Å². The van der Waals surface area contributed by atoms with Crippen LogP contribution in [0.4, 0.5) is 0 Å². The highest BCUT2D eigenvalue weighted by Gasteiger charge is 2.19. The van der Waals surface area contributed by atoms with Crippen molar-refractivity contribution in [1.29, 1.82) is 0 Å². The summed E-state index contributed by atoms with van der Waals surface area (Å²) >= 11 is 1.51. The smallest absolute Gasteiger partial charge is 0.232 e. The van der Waals surface area contributed by atoms with Crippen molar-refractivity contribution in [1.82, 2.24) is 39.7 Å². The Kier molecular flexibility index (Phi) is 4.58. The van der Waals surface area contributed by atoms with E-state index in [1.807, 2.05) is 30.3 Å². The van der Waals surface area contributed by atoms with E-state index < -0.39 is 0 Å². The molecule has 0 aromatic carbocycles. The summed E-state index contributed by atoms with van der Waals surface area (Å²) in [7, 11) is 0. The Morgan fingerprint density at radius 2 is 1.84 bits per heavy atom. The van der Waals surface area contributed by atoms with Crippen LogP contribution in [0, 0.1) is 5.41 Å². The Morgan fingerprint density at radius 3 is 2.70 bits per heavy atom. The molecule has 0 saturated carbocycles. The normalized spacial score (nSPS) is 12.4. The highest BCUT2D eigenvalue weighted by atomic mass is 32.1. The lowest BCUT2D eigenvalue weighted by Gasteiger charge is -2.18. The van der Waals surface area contributed by atoms with Crippen LogP contribution in [0.15, 0.2) is 55.1 Å². The van der Waals surface area contributed by atoms with E-state index in [9.17, 15) is 4.79 Å². The van der Waals surface area contributed by atoms with Gasteiger partial charge in [0.25, 0.3) is 0 Å². The van der Waals surface area contributed by atoms with Gasteiger partial charge in [-0.25, -0.2) is 9.97 Å². The number of hydrogen-bond acceptors (Lipinski definition) is 7. The minimum absolute atomic E-state index is 0.00286. The average Bonchev–Trinajstić information content (AvgIpc) is 3.60. The van der Waals surface area contributed by atoms with Gasteiger partial charge in [-0.3, -0.25) is 24.4 Å². The first kappa shape index (κ1) is 21.8. The van der Waals surface area contributed by atoms with Gasteiger partial charge in [0.05, 0.1) is 27.3 Å². The van der Waals surface area contributed by atoms with E-state index in [0.29, 0.717) is 28.7 Å². The molecule has 182 valence electrons. The topological polar surface area (TPSA) is 118 Å². The fourth-order valence-corrected chi connectivity index (χ4v) is 5.72. The first-order valence-electron chi connectivity index (χ1n) is 11.9. The Hall–Kier alpha value is -4.44. The zero-order chi connectivity index (χ0) is 25.3. The highest BCUT2D eigenvalue weighted by molar-refractivity contribution is 7.24. The predicted molar refractivity (Wildman–Crippen MR) is 147 cm³/mol. The van der Waals surface area contributed by atoms with Gasteiger partial charge < -0.3 is 4.98 Å². The number of nitrogens with zero attached hydrogens (tertiary/aromatic N) is 6. The van der Waals surface area contributed by atoms with Gasteiger partial charge in [0.2, 0.25) is 5.91 Å². The van der Waals surface area contributed by atoms with Crippen molar-refractivity contribution >= 4 is 81.8 Å².